The zero-order valence-electron chi connectivity index (χ0n) is 12.0. The molecule has 1 aromatic carbocycles. The molecule has 0 aliphatic rings. The Labute approximate surface area is 119 Å². The molecule has 5 nitrogen and oxygen atoms in total. The molecule has 1 atom stereocenters. The van der Waals surface area contributed by atoms with Gasteiger partial charge < -0.3 is 4.74 Å². The number of rotatable bonds is 7. The number of aryl methyl sites for hydroxylation is 1. The second-order valence-corrected chi connectivity index (χ2v) is 4.81. The minimum Gasteiger partial charge on any atom is -0.497 e. The molecule has 0 aliphatic heterocycles. The number of nitrogens with two attached hydrogens (primary N) is 1. The average molecular weight is 274 g/mol. The maximum atomic E-state index is 5.69. The Balaban J connectivity index is 2.10. The molecule has 0 amide bonds. The highest BCUT2D eigenvalue weighted by molar-refractivity contribution is 5.30. The summed E-state index contributed by atoms with van der Waals surface area (Å²) in [5.74, 6) is 6.55. The molecule has 0 aliphatic carbocycles. The average Bonchev–Trinajstić information content (AvgIpc) is 2.94. The molecule has 0 saturated heterocycles. The van der Waals surface area contributed by atoms with Crippen LogP contribution in [0.4, 0.5) is 0 Å². The molecule has 20 heavy (non-hydrogen) atoms. The van der Waals surface area contributed by atoms with Crippen LogP contribution in [0.1, 0.15) is 30.5 Å². The predicted octanol–water partition coefficient (Wildman–Crippen LogP) is 2.05. The van der Waals surface area contributed by atoms with Gasteiger partial charge in [-0.3, -0.25) is 16.0 Å². The molecule has 5 heteroatoms. The second-order valence-electron chi connectivity index (χ2n) is 4.81. The zero-order chi connectivity index (χ0) is 14.4. The highest BCUT2D eigenvalue weighted by Gasteiger charge is 2.13. The van der Waals surface area contributed by atoms with Crippen molar-refractivity contribution < 1.29 is 4.74 Å². The van der Waals surface area contributed by atoms with E-state index in [1.54, 1.807) is 7.11 Å². The van der Waals surface area contributed by atoms with Crippen LogP contribution < -0.4 is 16.0 Å². The summed E-state index contributed by atoms with van der Waals surface area (Å²) in [5, 5.41) is 4.35. The Kier molecular flexibility index (Phi) is 5.15. The minimum absolute atomic E-state index is 0.0488. The Morgan fingerprint density at radius 2 is 2.30 bits per heavy atom. The fourth-order valence-corrected chi connectivity index (χ4v) is 2.22. The molecule has 2 aromatic rings. The van der Waals surface area contributed by atoms with Crippen molar-refractivity contribution in [2.45, 2.75) is 32.4 Å². The van der Waals surface area contributed by atoms with Gasteiger partial charge in [-0.15, -0.1) is 0 Å². The smallest absolute Gasteiger partial charge is 0.119 e. The van der Waals surface area contributed by atoms with Crippen LogP contribution in [-0.2, 0) is 13.0 Å². The summed E-state index contributed by atoms with van der Waals surface area (Å²) in [7, 11) is 1.67. The van der Waals surface area contributed by atoms with Gasteiger partial charge in [0.15, 0.2) is 0 Å². The van der Waals surface area contributed by atoms with Crippen LogP contribution in [0.25, 0.3) is 0 Å². The quantitative estimate of drug-likeness (QED) is 0.599. The van der Waals surface area contributed by atoms with E-state index in [0.29, 0.717) is 0 Å². The number of ether oxygens (including phenoxy) is 1. The van der Waals surface area contributed by atoms with Crippen LogP contribution in [0, 0.1) is 0 Å². The Morgan fingerprint density at radius 3 is 3.00 bits per heavy atom. The summed E-state index contributed by atoms with van der Waals surface area (Å²) >= 11 is 0. The van der Waals surface area contributed by atoms with Gasteiger partial charge in [-0.2, -0.15) is 5.10 Å². The van der Waals surface area contributed by atoms with Gasteiger partial charge in [0, 0.05) is 18.3 Å². The van der Waals surface area contributed by atoms with Crippen LogP contribution >= 0.6 is 0 Å². The van der Waals surface area contributed by atoms with E-state index < -0.39 is 0 Å². The normalized spacial score (nSPS) is 12.3. The Morgan fingerprint density at radius 1 is 1.45 bits per heavy atom. The van der Waals surface area contributed by atoms with Crippen LogP contribution in [-0.4, -0.2) is 16.9 Å². The number of hydrogen-bond donors (Lipinski definition) is 2. The monoisotopic (exact) mass is 274 g/mol. The van der Waals surface area contributed by atoms with Gasteiger partial charge in [-0.1, -0.05) is 19.1 Å². The number of nitrogens with one attached hydrogen (secondary N) is 1. The van der Waals surface area contributed by atoms with Crippen molar-refractivity contribution in [3.63, 3.8) is 0 Å². The lowest BCUT2D eigenvalue weighted by Gasteiger charge is -2.14. The molecule has 0 spiro atoms. The summed E-state index contributed by atoms with van der Waals surface area (Å²) in [6, 6.07) is 8.08. The van der Waals surface area contributed by atoms with Crippen molar-refractivity contribution in [2.75, 3.05) is 7.11 Å². The minimum atomic E-state index is 0.0488. The predicted molar refractivity (Wildman–Crippen MR) is 79.3 cm³/mol. The Bertz CT molecular complexity index is 538. The molecule has 2 rings (SSSR count). The van der Waals surface area contributed by atoms with E-state index in [4.69, 9.17) is 10.6 Å². The molecule has 1 heterocycles. The first-order valence-corrected chi connectivity index (χ1v) is 6.88. The van der Waals surface area contributed by atoms with E-state index in [0.717, 1.165) is 30.7 Å². The molecule has 0 saturated carbocycles. The van der Waals surface area contributed by atoms with E-state index in [2.05, 4.69) is 23.5 Å². The standard InChI is InChI=1S/C15H22N4O/c1-3-7-19-11-13(10-17-19)15(18-16)9-12-5-4-6-14(8-12)20-2/h4-6,8,10-11,15,18H,3,7,9,16H2,1-2H3. The molecule has 108 valence electrons. The first-order chi connectivity index (χ1) is 9.76. The van der Waals surface area contributed by atoms with Crippen molar-refractivity contribution >= 4 is 0 Å². The van der Waals surface area contributed by atoms with Crippen LogP contribution in [0.5, 0.6) is 5.75 Å². The number of benzene rings is 1. The first-order valence-electron chi connectivity index (χ1n) is 6.88. The highest BCUT2D eigenvalue weighted by Crippen LogP contribution is 2.20. The summed E-state index contributed by atoms with van der Waals surface area (Å²) in [6.07, 6.45) is 5.79. The summed E-state index contributed by atoms with van der Waals surface area (Å²) in [6.45, 7) is 3.06. The molecular weight excluding hydrogens is 252 g/mol. The molecule has 3 N–H and O–H groups in total. The van der Waals surface area contributed by atoms with Gasteiger partial charge >= 0.3 is 0 Å². The maximum absolute atomic E-state index is 5.69. The number of hydrogen-bond acceptors (Lipinski definition) is 4. The maximum Gasteiger partial charge on any atom is 0.119 e. The van der Waals surface area contributed by atoms with Gasteiger partial charge in [0.1, 0.15) is 5.75 Å². The van der Waals surface area contributed by atoms with E-state index >= 15 is 0 Å². The SMILES string of the molecule is CCCn1cc(C(Cc2cccc(OC)c2)NN)cn1. The fraction of sp³-hybridized carbons (Fsp3) is 0.400. The molecule has 0 fully saturated rings. The highest BCUT2D eigenvalue weighted by atomic mass is 16.5. The Hall–Kier alpha value is -1.85. The van der Waals surface area contributed by atoms with E-state index in [-0.39, 0.29) is 6.04 Å². The van der Waals surface area contributed by atoms with Crippen molar-refractivity contribution in [2.24, 2.45) is 5.84 Å². The van der Waals surface area contributed by atoms with Gasteiger partial charge in [0.05, 0.1) is 19.3 Å². The van der Waals surface area contributed by atoms with Crippen LogP contribution in [0.3, 0.4) is 0 Å². The third-order valence-corrected chi connectivity index (χ3v) is 3.28. The molecule has 1 aromatic heterocycles. The number of aromatic nitrogens is 2. The van der Waals surface area contributed by atoms with E-state index in [1.165, 1.54) is 5.56 Å². The lowest BCUT2D eigenvalue weighted by atomic mass is 10.0. The van der Waals surface area contributed by atoms with Gasteiger partial charge in [0.25, 0.3) is 0 Å². The molecular formula is C15H22N4O. The van der Waals surface area contributed by atoms with Crippen molar-refractivity contribution in [1.29, 1.82) is 0 Å². The van der Waals surface area contributed by atoms with Crippen LogP contribution in [0.2, 0.25) is 0 Å². The van der Waals surface area contributed by atoms with Gasteiger partial charge in [-0.25, -0.2) is 0 Å². The van der Waals surface area contributed by atoms with Gasteiger partial charge in [0.2, 0.25) is 0 Å². The van der Waals surface area contributed by atoms with E-state index in [1.807, 2.05) is 35.3 Å². The largest absolute Gasteiger partial charge is 0.497 e. The molecule has 1 unspecified atom stereocenters. The van der Waals surface area contributed by atoms with Crippen LogP contribution in [0.15, 0.2) is 36.7 Å². The zero-order valence-corrected chi connectivity index (χ0v) is 12.0. The van der Waals surface area contributed by atoms with Crippen molar-refractivity contribution in [3.8, 4) is 5.75 Å². The number of nitrogens with zero attached hydrogens (tertiary/aromatic N) is 2. The third-order valence-electron chi connectivity index (χ3n) is 3.28. The first kappa shape index (κ1) is 14.6. The third kappa shape index (κ3) is 3.59. The summed E-state index contributed by atoms with van der Waals surface area (Å²) in [5.41, 5.74) is 5.14. The van der Waals surface area contributed by atoms with Crippen molar-refractivity contribution in [1.82, 2.24) is 15.2 Å². The number of hydrazine groups is 1. The summed E-state index contributed by atoms with van der Waals surface area (Å²) in [4.78, 5) is 0. The van der Waals surface area contributed by atoms with Crippen molar-refractivity contribution in [3.05, 3.63) is 47.8 Å². The topological polar surface area (TPSA) is 65.1 Å². The lowest BCUT2D eigenvalue weighted by molar-refractivity contribution is 0.414. The van der Waals surface area contributed by atoms with Gasteiger partial charge in [-0.05, 0) is 30.5 Å². The second kappa shape index (κ2) is 7.07. The lowest BCUT2D eigenvalue weighted by Crippen LogP contribution is -2.29. The van der Waals surface area contributed by atoms with E-state index in [9.17, 15) is 0 Å². The molecule has 0 radical (unpaired) electrons. The number of methoxy groups -OCH3 is 1. The summed E-state index contributed by atoms with van der Waals surface area (Å²) < 4.78 is 7.19. The molecule has 0 bridgehead atoms. The fourth-order valence-electron chi connectivity index (χ4n) is 2.22.